The first-order valence-corrected chi connectivity index (χ1v) is 12.1. The first-order valence-electron chi connectivity index (χ1n) is 9.36. The van der Waals surface area contributed by atoms with E-state index in [0.717, 1.165) is 35.8 Å². The van der Waals surface area contributed by atoms with Crippen molar-refractivity contribution in [1.29, 1.82) is 0 Å². The maximum atomic E-state index is 13.6. The predicted octanol–water partition coefficient (Wildman–Crippen LogP) is 6.10. The second kappa shape index (κ2) is 8.24. The standard InChI is InChI=1S/C21H13F6N3O2S2/c1-34(31,32)13-6-4-5-12(9-13)17-11-28-19(33-17)30-16(10-18(29-30)21(25,26)27)14-7-2-3-8-15(14)20(22,23)24/h2-11H,1H3. The lowest BCUT2D eigenvalue weighted by Crippen LogP contribution is -2.09. The van der Waals surface area contributed by atoms with Gasteiger partial charge in [-0.15, -0.1) is 0 Å². The van der Waals surface area contributed by atoms with E-state index >= 15 is 0 Å². The summed E-state index contributed by atoms with van der Waals surface area (Å²) >= 11 is 0.850. The van der Waals surface area contributed by atoms with Gasteiger partial charge in [0.15, 0.2) is 15.5 Å². The molecule has 0 saturated carbocycles. The van der Waals surface area contributed by atoms with E-state index in [1.807, 2.05) is 0 Å². The van der Waals surface area contributed by atoms with Gasteiger partial charge in [-0.1, -0.05) is 41.7 Å². The zero-order chi connectivity index (χ0) is 24.9. The quantitative estimate of drug-likeness (QED) is 0.307. The Morgan fingerprint density at radius 1 is 0.912 bits per heavy atom. The van der Waals surface area contributed by atoms with E-state index < -0.39 is 44.7 Å². The van der Waals surface area contributed by atoms with Gasteiger partial charge in [0.1, 0.15) is 0 Å². The highest BCUT2D eigenvalue weighted by Gasteiger charge is 2.38. The van der Waals surface area contributed by atoms with Gasteiger partial charge in [-0.3, -0.25) is 0 Å². The van der Waals surface area contributed by atoms with Gasteiger partial charge in [0, 0.05) is 18.0 Å². The van der Waals surface area contributed by atoms with E-state index in [1.165, 1.54) is 30.5 Å². The molecule has 2 aromatic heterocycles. The normalized spacial score (nSPS) is 12.8. The third-order valence-corrected chi connectivity index (χ3v) is 6.86. The Balaban J connectivity index is 1.88. The lowest BCUT2D eigenvalue weighted by Gasteiger charge is -2.13. The van der Waals surface area contributed by atoms with Gasteiger partial charge in [0.2, 0.25) is 5.13 Å². The minimum absolute atomic E-state index is 0.0261. The Bertz CT molecular complexity index is 1470. The number of rotatable bonds is 4. The maximum absolute atomic E-state index is 13.6. The Labute approximate surface area is 193 Å². The largest absolute Gasteiger partial charge is 0.435 e. The number of halogens is 6. The lowest BCUT2D eigenvalue weighted by molar-refractivity contribution is -0.141. The molecule has 0 aliphatic heterocycles. The summed E-state index contributed by atoms with van der Waals surface area (Å²) in [7, 11) is -3.52. The van der Waals surface area contributed by atoms with Crippen molar-refractivity contribution in [3.63, 3.8) is 0 Å². The molecule has 13 heteroatoms. The number of hydrogen-bond acceptors (Lipinski definition) is 5. The van der Waals surface area contributed by atoms with Crippen molar-refractivity contribution >= 4 is 21.2 Å². The molecule has 0 saturated heterocycles. The molecule has 0 radical (unpaired) electrons. The van der Waals surface area contributed by atoms with E-state index in [4.69, 9.17) is 0 Å². The zero-order valence-electron chi connectivity index (χ0n) is 17.0. The average molecular weight is 517 g/mol. The molecule has 4 aromatic rings. The van der Waals surface area contributed by atoms with Crippen LogP contribution >= 0.6 is 11.3 Å². The van der Waals surface area contributed by atoms with Gasteiger partial charge in [0.05, 0.1) is 21.0 Å². The number of nitrogens with zero attached hydrogens (tertiary/aromatic N) is 3. The van der Waals surface area contributed by atoms with Crippen LogP contribution in [0.25, 0.3) is 26.8 Å². The van der Waals surface area contributed by atoms with Gasteiger partial charge in [0.25, 0.3) is 0 Å². The highest BCUT2D eigenvalue weighted by molar-refractivity contribution is 7.90. The van der Waals surface area contributed by atoms with Crippen molar-refractivity contribution in [1.82, 2.24) is 14.8 Å². The molecule has 0 bridgehead atoms. The van der Waals surface area contributed by atoms with Crippen molar-refractivity contribution in [2.24, 2.45) is 0 Å². The highest BCUT2D eigenvalue weighted by Crippen LogP contribution is 2.40. The van der Waals surface area contributed by atoms with Crippen LogP contribution in [0.5, 0.6) is 0 Å². The summed E-state index contributed by atoms with van der Waals surface area (Å²) in [6, 6.07) is 10.6. The molecule has 2 heterocycles. The molecule has 34 heavy (non-hydrogen) atoms. The third-order valence-electron chi connectivity index (χ3n) is 4.73. The Hall–Kier alpha value is -3.19. The molecule has 2 aromatic carbocycles. The van der Waals surface area contributed by atoms with Crippen LogP contribution in [-0.4, -0.2) is 29.4 Å². The molecule has 0 unspecified atom stereocenters. The molecule has 0 aliphatic rings. The van der Waals surface area contributed by atoms with Crippen molar-refractivity contribution in [3.8, 4) is 26.8 Å². The van der Waals surface area contributed by atoms with E-state index in [9.17, 15) is 34.8 Å². The van der Waals surface area contributed by atoms with Crippen molar-refractivity contribution in [2.45, 2.75) is 17.2 Å². The van der Waals surface area contributed by atoms with Gasteiger partial charge >= 0.3 is 12.4 Å². The number of hydrogen-bond donors (Lipinski definition) is 0. The van der Waals surface area contributed by atoms with Crippen LogP contribution in [0, 0.1) is 0 Å². The molecular weight excluding hydrogens is 504 g/mol. The van der Waals surface area contributed by atoms with Crippen LogP contribution in [0.2, 0.25) is 0 Å². The topological polar surface area (TPSA) is 64.8 Å². The fourth-order valence-corrected chi connectivity index (χ4v) is 4.73. The van der Waals surface area contributed by atoms with Gasteiger partial charge < -0.3 is 0 Å². The minimum Gasteiger partial charge on any atom is -0.226 e. The molecule has 0 aliphatic carbocycles. The van der Waals surface area contributed by atoms with Crippen LogP contribution in [-0.2, 0) is 22.2 Å². The first kappa shape index (κ1) is 24.0. The van der Waals surface area contributed by atoms with Gasteiger partial charge in [-0.25, -0.2) is 18.1 Å². The zero-order valence-corrected chi connectivity index (χ0v) is 18.6. The van der Waals surface area contributed by atoms with E-state index in [-0.39, 0.29) is 10.0 Å². The van der Waals surface area contributed by atoms with Crippen molar-refractivity contribution in [3.05, 3.63) is 72.1 Å². The third kappa shape index (κ3) is 4.71. The molecule has 5 nitrogen and oxygen atoms in total. The minimum atomic E-state index is -4.91. The molecule has 178 valence electrons. The van der Waals surface area contributed by atoms with Crippen LogP contribution in [0.3, 0.4) is 0 Å². The van der Waals surface area contributed by atoms with E-state index in [1.54, 1.807) is 6.07 Å². The average Bonchev–Trinajstić information content (AvgIpc) is 3.40. The molecule has 0 fully saturated rings. The molecule has 0 N–H and O–H groups in total. The lowest BCUT2D eigenvalue weighted by atomic mass is 10.0. The fourth-order valence-electron chi connectivity index (χ4n) is 3.19. The molecule has 0 spiro atoms. The summed E-state index contributed by atoms with van der Waals surface area (Å²) in [5.41, 5.74) is -3.01. The summed E-state index contributed by atoms with van der Waals surface area (Å²) < 4.78 is 105. The summed E-state index contributed by atoms with van der Waals surface area (Å²) in [5.74, 6) is 0. The SMILES string of the molecule is CS(=O)(=O)c1cccc(-c2cnc(-n3nc(C(F)(F)F)cc3-c3ccccc3C(F)(F)F)s2)c1. The van der Waals surface area contributed by atoms with Crippen molar-refractivity contribution < 1.29 is 34.8 Å². The number of benzene rings is 2. The number of aromatic nitrogens is 3. The number of sulfone groups is 1. The van der Waals surface area contributed by atoms with E-state index in [0.29, 0.717) is 21.2 Å². The fraction of sp³-hybridized carbons (Fsp3) is 0.143. The summed E-state index contributed by atoms with van der Waals surface area (Å²) in [6.07, 6.45) is -7.41. The molecule has 0 amide bonds. The maximum Gasteiger partial charge on any atom is 0.435 e. The Morgan fingerprint density at radius 2 is 1.62 bits per heavy atom. The summed E-state index contributed by atoms with van der Waals surface area (Å²) in [5, 5.41) is 3.37. The van der Waals surface area contributed by atoms with Crippen LogP contribution in [0.4, 0.5) is 26.3 Å². The van der Waals surface area contributed by atoms with Crippen molar-refractivity contribution in [2.75, 3.05) is 6.26 Å². The first-order chi connectivity index (χ1) is 15.7. The Kier molecular flexibility index (Phi) is 5.80. The smallest absolute Gasteiger partial charge is 0.226 e. The second-order valence-corrected chi connectivity index (χ2v) is 10.2. The van der Waals surface area contributed by atoms with Gasteiger partial charge in [-0.05, 0) is 29.8 Å². The summed E-state index contributed by atoms with van der Waals surface area (Å²) in [4.78, 5) is 4.46. The molecule has 4 rings (SSSR count). The highest BCUT2D eigenvalue weighted by atomic mass is 32.2. The van der Waals surface area contributed by atoms with Crippen LogP contribution < -0.4 is 0 Å². The van der Waals surface area contributed by atoms with Crippen LogP contribution in [0.15, 0.2) is 65.7 Å². The predicted molar refractivity (Wildman–Crippen MR) is 113 cm³/mol. The number of thiazole rings is 1. The van der Waals surface area contributed by atoms with E-state index in [2.05, 4.69) is 10.1 Å². The van der Waals surface area contributed by atoms with Crippen LogP contribution in [0.1, 0.15) is 11.3 Å². The second-order valence-electron chi connectivity index (χ2n) is 7.17. The monoisotopic (exact) mass is 517 g/mol. The molecule has 0 atom stereocenters. The Morgan fingerprint density at radius 3 is 2.26 bits per heavy atom. The van der Waals surface area contributed by atoms with Gasteiger partial charge in [-0.2, -0.15) is 31.4 Å². The summed E-state index contributed by atoms with van der Waals surface area (Å²) in [6.45, 7) is 0. The number of alkyl halides is 6. The molecular formula is C21H13F6N3O2S2.